The van der Waals surface area contributed by atoms with E-state index in [0.717, 1.165) is 0 Å². The predicted molar refractivity (Wildman–Crippen MR) is 84.4 cm³/mol. The number of oxazole rings is 1. The zero-order valence-corrected chi connectivity index (χ0v) is 12.7. The van der Waals surface area contributed by atoms with Crippen LogP contribution in [0.25, 0.3) is 11.1 Å². The summed E-state index contributed by atoms with van der Waals surface area (Å²) in [4.78, 5) is 37.1. The first-order valence-corrected chi connectivity index (χ1v) is 7.17. The van der Waals surface area contributed by atoms with Gasteiger partial charge in [0, 0.05) is 6.42 Å². The number of H-pyrrole nitrogens is 1. The second-order valence-electron chi connectivity index (χ2n) is 4.95. The first-order chi connectivity index (χ1) is 11.5. The molecule has 3 N–H and O–H groups in total. The summed E-state index contributed by atoms with van der Waals surface area (Å²) in [6.07, 6.45) is 1.77. The molecule has 0 bridgehead atoms. The summed E-state index contributed by atoms with van der Waals surface area (Å²) in [6, 6.07) is 4.96. The first kappa shape index (κ1) is 15.5. The molecular formula is C14H14N6O4. The van der Waals surface area contributed by atoms with Crippen molar-refractivity contribution in [3.8, 4) is 0 Å². The van der Waals surface area contributed by atoms with E-state index < -0.39 is 5.76 Å². The Morgan fingerprint density at radius 1 is 1.29 bits per heavy atom. The van der Waals surface area contributed by atoms with Crippen molar-refractivity contribution in [3.63, 3.8) is 0 Å². The number of nitrogens with zero attached hydrogens (tertiary/aromatic N) is 3. The van der Waals surface area contributed by atoms with Crippen LogP contribution in [0.3, 0.4) is 0 Å². The molecule has 2 amide bonds. The Balaban J connectivity index is 1.69. The second kappa shape index (κ2) is 6.36. The van der Waals surface area contributed by atoms with E-state index >= 15 is 0 Å². The van der Waals surface area contributed by atoms with Crippen LogP contribution in [-0.4, -0.2) is 31.8 Å². The molecule has 0 aliphatic carbocycles. The van der Waals surface area contributed by atoms with Gasteiger partial charge in [0.1, 0.15) is 6.54 Å². The van der Waals surface area contributed by atoms with Crippen molar-refractivity contribution in [3.05, 3.63) is 34.9 Å². The van der Waals surface area contributed by atoms with Crippen LogP contribution in [0.5, 0.6) is 0 Å². The van der Waals surface area contributed by atoms with Crippen LogP contribution in [0.4, 0.5) is 11.5 Å². The van der Waals surface area contributed by atoms with Gasteiger partial charge >= 0.3 is 5.76 Å². The lowest BCUT2D eigenvalue weighted by Crippen LogP contribution is -2.19. The van der Waals surface area contributed by atoms with Crippen LogP contribution >= 0.6 is 0 Å². The largest absolute Gasteiger partial charge is 0.417 e. The topological polar surface area (TPSA) is 135 Å². The number of hydrogen-bond donors (Lipinski definition) is 3. The van der Waals surface area contributed by atoms with Crippen molar-refractivity contribution in [2.24, 2.45) is 0 Å². The van der Waals surface area contributed by atoms with Gasteiger partial charge in [-0.15, -0.1) is 5.10 Å². The summed E-state index contributed by atoms with van der Waals surface area (Å²) in [5.74, 6) is -0.905. The molecule has 124 valence electrons. The fourth-order valence-electron chi connectivity index (χ4n) is 2.07. The van der Waals surface area contributed by atoms with E-state index in [1.54, 1.807) is 25.1 Å². The van der Waals surface area contributed by atoms with E-state index in [1.807, 2.05) is 0 Å². The molecule has 24 heavy (non-hydrogen) atoms. The molecule has 0 radical (unpaired) electrons. The molecule has 0 aliphatic heterocycles. The van der Waals surface area contributed by atoms with E-state index in [-0.39, 0.29) is 29.8 Å². The molecular weight excluding hydrogens is 316 g/mol. The highest BCUT2D eigenvalue weighted by atomic mass is 16.4. The second-order valence-corrected chi connectivity index (χ2v) is 4.95. The highest BCUT2D eigenvalue weighted by molar-refractivity contribution is 5.98. The van der Waals surface area contributed by atoms with Gasteiger partial charge in [0.05, 0.1) is 17.4 Å². The lowest BCUT2D eigenvalue weighted by molar-refractivity contribution is -0.117. The number of benzene rings is 1. The zero-order chi connectivity index (χ0) is 17.1. The third kappa shape index (κ3) is 3.32. The van der Waals surface area contributed by atoms with Crippen molar-refractivity contribution >= 4 is 34.4 Å². The fraction of sp³-hybridized carbons (Fsp3) is 0.214. The van der Waals surface area contributed by atoms with Crippen molar-refractivity contribution in [1.82, 2.24) is 20.0 Å². The first-order valence-electron chi connectivity index (χ1n) is 7.17. The lowest BCUT2D eigenvalue weighted by Gasteiger charge is -2.04. The van der Waals surface area contributed by atoms with E-state index in [2.05, 4.69) is 25.9 Å². The number of rotatable bonds is 5. The number of hydrogen-bond acceptors (Lipinski definition) is 6. The summed E-state index contributed by atoms with van der Waals surface area (Å²) in [7, 11) is 0. The van der Waals surface area contributed by atoms with Crippen molar-refractivity contribution in [1.29, 1.82) is 0 Å². The number of aromatic amines is 1. The highest BCUT2D eigenvalue weighted by Crippen LogP contribution is 2.20. The van der Waals surface area contributed by atoms with Crippen molar-refractivity contribution in [2.45, 2.75) is 19.9 Å². The Hall–Kier alpha value is -3.43. The average molecular weight is 330 g/mol. The normalized spacial score (nSPS) is 10.7. The molecule has 0 unspecified atom stereocenters. The molecule has 2 aromatic heterocycles. The molecule has 2 heterocycles. The maximum absolute atomic E-state index is 12.1. The molecule has 0 saturated heterocycles. The van der Waals surface area contributed by atoms with E-state index in [1.165, 1.54) is 10.9 Å². The minimum Gasteiger partial charge on any atom is -0.406 e. The SMILES string of the molecule is CCC(=O)Nc1cn(CC(=O)Nc2cccc3[nH]c(=O)oc23)nn1. The smallest absolute Gasteiger partial charge is 0.406 e. The Morgan fingerprint density at radius 3 is 2.92 bits per heavy atom. The molecule has 0 fully saturated rings. The maximum Gasteiger partial charge on any atom is 0.417 e. The van der Waals surface area contributed by atoms with Crippen molar-refractivity contribution in [2.75, 3.05) is 10.6 Å². The maximum atomic E-state index is 12.1. The molecule has 0 spiro atoms. The number of amides is 2. The molecule has 0 saturated carbocycles. The predicted octanol–water partition coefficient (Wildman–Crippen LogP) is 0.700. The highest BCUT2D eigenvalue weighted by Gasteiger charge is 2.12. The molecule has 1 aromatic carbocycles. The van der Waals surface area contributed by atoms with Crippen molar-refractivity contribution < 1.29 is 14.0 Å². The summed E-state index contributed by atoms with van der Waals surface area (Å²) < 4.78 is 6.29. The number of carbonyl (C=O) groups excluding carboxylic acids is 2. The van der Waals surface area contributed by atoms with Crippen LogP contribution in [0.1, 0.15) is 13.3 Å². The van der Waals surface area contributed by atoms with Crippen LogP contribution in [0.2, 0.25) is 0 Å². The van der Waals surface area contributed by atoms with Gasteiger partial charge in [0.15, 0.2) is 11.4 Å². The Morgan fingerprint density at radius 2 is 2.12 bits per heavy atom. The average Bonchev–Trinajstić information content (AvgIpc) is 3.13. The number of para-hydroxylation sites is 1. The van der Waals surface area contributed by atoms with E-state index in [9.17, 15) is 14.4 Å². The van der Waals surface area contributed by atoms with Gasteiger partial charge in [0.25, 0.3) is 0 Å². The minimum absolute atomic E-state index is 0.111. The summed E-state index contributed by atoms with van der Waals surface area (Å²) in [5, 5.41) is 12.7. The standard InChI is InChI=1S/C14H14N6O4/c1-2-11(21)17-10-6-20(19-18-10)7-12(22)15-8-4-3-5-9-13(8)24-14(23)16-9/h3-6H,2,7H2,1H3,(H,15,22)(H,16,23)(H,17,21). The van der Waals surface area contributed by atoms with Crippen LogP contribution in [0.15, 0.2) is 33.6 Å². The van der Waals surface area contributed by atoms with Crippen LogP contribution < -0.4 is 16.4 Å². The number of aromatic nitrogens is 4. The lowest BCUT2D eigenvalue weighted by atomic mass is 10.3. The van der Waals surface area contributed by atoms with Gasteiger partial charge in [0.2, 0.25) is 11.8 Å². The summed E-state index contributed by atoms with van der Waals surface area (Å²) in [6.45, 7) is 1.60. The third-order valence-corrected chi connectivity index (χ3v) is 3.15. The van der Waals surface area contributed by atoms with Gasteiger partial charge in [-0.3, -0.25) is 14.6 Å². The number of fused-ring (bicyclic) bond motifs is 1. The molecule has 10 nitrogen and oxygen atoms in total. The Bertz CT molecular complexity index is 953. The quantitative estimate of drug-likeness (QED) is 0.630. The third-order valence-electron chi connectivity index (χ3n) is 3.15. The number of anilines is 2. The van der Waals surface area contributed by atoms with Crippen LogP contribution in [0, 0.1) is 0 Å². The monoisotopic (exact) mass is 330 g/mol. The zero-order valence-electron chi connectivity index (χ0n) is 12.7. The summed E-state index contributed by atoms with van der Waals surface area (Å²) >= 11 is 0. The number of nitrogens with one attached hydrogen (secondary N) is 3. The van der Waals surface area contributed by atoms with Gasteiger partial charge in [-0.05, 0) is 12.1 Å². The summed E-state index contributed by atoms with van der Waals surface area (Å²) in [5.41, 5.74) is 1.13. The molecule has 10 heteroatoms. The van der Waals surface area contributed by atoms with E-state index in [0.29, 0.717) is 17.6 Å². The molecule has 3 aromatic rings. The van der Waals surface area contributed by atoms with Gasteiger partial charge < -0.3 is 15.1 Å². The van der Waals surface area contributed by atoms with E-state index in [4.69, 9.17) is 4.42 Å². The number of carbonyl (C=O) groups is 2. The Labute approximate surface area is 134 Å². The molecule has 3 rings (SSSR count). The molecule has 0 atom stereocenters. The molecule has 0 aliphatic rings. The fourth-order valence-corrected chi connectivity index (χ4v) is 2.07. The Kier molecular flexibility index (Phi) is 4.10. The van der Waals surface area contributed by atoms with Crippen LogP contribution in [-0.2, 0) is 16.1 Å². The van der Waals surface area contributed by atoms with Gasteiger partial charge in [-0.2, -0.15) is 0 Å². The van der Waals surface area contributed by atoms with Gasteiger partial charge in [-0.25, -0.2) is 9.48 Å². The minimum atomic E-state index is -0.598. The van der Waals surface area contributed by atoms with Gasteiger partial charge in [-0.1, -0.05) is 18.2 Å².